The first-order chi connectivity index (χ1) is 19.5. The molecule has 0 spiro atoms. The zero-order chi connectivity index (χ0) is 27.6. The van der Waals surface area contributed by atoms with Crippen LogP contribution >= 0.6 is 0 Å². The van der Waals surface area contributed by atoms with E-state index in [0.29, 0.717) is 5.52 Å². The number of benzene rings is 2. The Morgan fingerprint density at radius 2 is 1.85 bits per heavy atom. The van der Waals surface area contributed by atoms with Crippen molar-refractivity contribution in [3.63, 3.8) is 0 Å². The van der Waals surface area contributed by atoms with E-state index in [1.807, 2.05) is 74.8 Å². The Hall–Kier alpha value is -5.55. The summed E-state index contributed by atoms with van der Waals surface area (Å²) in [7, 11) is 1.86. The molecule has 2 aromatic carbocycles. The highest BCUT2D eigenvalue weighted by molar-refractivity contribution is 6.09. The van der Waals surface area contributed by atoms with Crippen molar-refractivity contribution in [2.24, 2.45) is 7.05 Å². The molecule has 0 fully saturated rings. The van der Waals surface area contributed by atoms with Gasteiger partial charge in [-0.25, -0.2) is 9.97 Å². The van der Waals surface area contributed by atoms with Gasteiger partial charge >= 0.3 is 0 Å². The van der Waals surface area contributed by atoms with Crippen molar-refractivity contribution in [3.8, 4) is 23.0 Å². The summed E-state index contributed by atoms with van der Waals surface area (Å²) in [6, 6.07) is 21.2. The molecular weight excluding hydrogens is 498 g/mol. The topological polar surface area (TPSA) is 112 Å². The number of carbonyl (C=O) groups excluding carboxylic acids is 1. The van der Waals surface area contributed by atoms with Gasteiger partial charge in [-0.15, -0.1) is 0 Å². The van der Waals surface area contributed by atoms with Crippen molar-refractivity contribution in [1.82, 2.24) is 30.0 Å². The Labute approximate surface area is 230 Å². The molecular formula is C32H25N7O. The van der Waals surface area contributed by atoms with E-state index in [1.165, 1.54) is 0 Å². The molecule has 8 nitrogen and oxygen atoms in total. The highest BCUT2D eigenvalue weighted by Crippen LogP contribution is 2.32. The normalized spacial score (nSPS) is 11.7. The number of hydrogen-bond donors (Lipinski definition) is 2. The van der Waals surface area contributed by atoms with Gasteiger partial charge in [0.2, 0.25) is 0 Å². The number of carbonyl (C=O) groups is 1. The van der Waals surface area contributed by atoms with Gasteiger partial charge in [-0.3, -0.25) is 14.5 Å². The second-order valence-electron chi connectivity index (χ2n) is 9.47. The van der Waals surface area contributed by atoms with Crippen molar-refractivity contribution >= 4 is 33.5 Å². The molecule has 6 aromatic rings. The van der Waals surface area contributed by atoms with Gasteiger partial charge in [0.05, 0.1) is 34.5 Å². The van der Waals surface area contributed by atoms with Crippen LogP contribution in [0.15, 0.2) is 91.5 Å². The molecule has 0 unspecified atom stereocenters. The lowest BCUT2D eigenvalue weighted by atomic mass is 9.96. The lowest BCUT2D eigenvalue weighted by Gasteiger charge is -2.19. The van der Waals surface area contributed by atoms with Gasteiger partial charge in [0.1, 0.15) is 11.4 Å². The maximum Gasteiger partial charge on any atom is 0.257 e. The summed E-state index contributed by atoms with van der Waals surface area (Å²) in [4.78, 5) is 27.2. The first-order valence-electron chi connectivity index (χ1n) is 12.8. The number of aryl methyl sites for hydroxylation is 1. The van der Waals surface area contributed by atoms with Gasteiger partial charge in [-0.2, -0.15) is 5.10 Å². The minimum absolute atomic E-state index is 0.127. The number of hydrogen-bond acceptors (Lipinski definition) is 6. The van der Waals surface area contributed by atoms with Crippen LogP contribution in [0.4, 0.5) is 5.82 Å². The summed E-state index contributed by atoms with van der Waals surface area (Å²) in [5, 5.41) is 8.94. The van der Waals surface area contributed by atoms with Crippen LogP contribution in [0.3, 0.4) is 0 Å². The first kappa shape index (κ1) is 24.8. The number of nitrogen functional groups attached to an aromatic ring is 1. The van der Waals surface area contributed by atoms with E-state index >= 15 is 0 Å². The minimum Gasteiger partial charge on any atom is -0.383 e. The van der Waals surface area contributed by atoms with E-state index in [4.69, 9.17) is 10.7 Å². The molecule has 1 amide bonds. The van der Waals surface area contributed by atoms with Crippen LogP contribution in [0.5, 0.6) is 0 Å². The number of pyridine rings is 3. The second kappa shape index (κ2) is 10.3. The summed E-state index contributed by atoms with van der Waals surface area (Å²) >= 11 is 0. The van der Waals surface area contributed by atoms with Gasteiger partial charge in [0.25, 0.3) is 5.91 Å². The number of anilines is 1. The summed E-state index contributed by atoms with van der Waals surface area (Å²) in [6.07, 6.45) is 6.87. The smallest absolute Gasteiger partial charge is 0.257 e. The molecule has 0 radical (unpaired) electrons. The zero-order valence-electron chi connectivity index (χ0n) is 22.0. The number of fused-ring (bicyclic) bond motifs is 2. The van der Waals surface area contributed by atoms with Gasteiger partial charge in [0, 0.05) is 47.5 Å². The van der Waals surface area contributed by atoms with E-state index in [1.54, 1.807) is 29.3 Å². The van der Waals surface area contributed by atoms with Gasteiger partial charge in [-0.05, 0) is 42.8 Å². The number of nitrogens with zero attached hydrogens (tertiary/aromatic N) is 5. The van der Waals surface area contributed by atoms with Crippen LogP contribution in [0.2, 0.25) is 0 Å². The largest absolute Gasteiger partial charge is 0.383 e. The molecule has 194 valence electrons. The van der Waals surface area contributed by atoms with Crippen LogP contribution in [-0.4, -0.2) is 30.6 Å². The summed E-state index contributed by atoms with van der Waals surface area (Å²) in [5.74, 6) is 6.24. The minimum atomic E-state index is -0.449. The monoisotopic (exact) mass is 523 g/mol. The standard InChI is InChI=1S/C32H25N7O/c1-20(37-32(40)28-30-24(11-7-15-34-30)18-35-31(28)33)29-26(22-8-4-3-5-9-22)16-25-23(10-6-12-27(25)38-29)14-13-21-17-36-39(2)19-21/h3-12,15-20H,1-2H3,(H2,33,35)(H,37,40)/t20-/m0/s1. The molecule has 40 heavy (non-hydrogen) atoms. The summed E-state index contributed by atoms with van der Waals surface area (Å²) in [6.45, 7) is 1.91. The molecule has 4 heterocycles. The van der Waals surface area contributed by atoms with Crippen molar-refractivity contribution in [3.05, 3.63) is 114 Å². The third kappa shape index (κ3) is 4.72. The average Bonchev–Trinajstić information content (AvgIpc) is 3.40. The fourth-order valence-electron chi connectivity index (χ4n) is 4.74. The van der Waals surface area contributed by atoms with Crippen molar-refractivity contribution in [2.75, 3.05) is 5.73 Å². The molecule has 6 rings (SSSR count). The molecule has 0 aliphatic carbocycles. The third-order valence-electron chi connectivity index (χ3n) is 6.68. The van der Waals surface area contributed by atoms with E-state index in [-0.39, 0.29) is 17.3 Å². The van der Waals surface area contributed by atoms with Crippen molar-refractivity contribution in [1.29, 1.82) is 0 Å². The molecule has 0 aliphatic rings. The molecule has 0 bridgehead atoms. The number of amides is 1. The predicted molar refractivity (Wildman–Crippen MR) is 156 cm³/mol. The molecule has 3 N–H and O–H groups in total. The molecule has 8 heteroatoms. The molecule has 1 atom stereocenters. The van der Waals surface area contributed by atoms with Crippen LogP contribution in [-0.2, 0) is 7.05 Å². The maximum atomic E-state index is 13.5. The summed E-state index contributed by atoms with van der Waals surface area (Å²) in [5.41, 5.74) is 12.0. The lowest BCUT2D eigenvalue weighted by Crippen LogP contribution is -2.29. The highest BCUT2D eigenvalue weighted by Gasteiger charge is 2.22. The number of aromatic nitrogens is 5. The lowest BCUT2D eigenvalue weighted by molar-refractivity contribution is 0.0941. The van der Waals surface area contributed by atoms with E-state index in [2.05, 4.69) is 38.3 Å². The Kier molecular flexibility index (Phi) is 6.38. The third-order valence-corrected chi connectivity index (χ3v) is 6.68. The number of nitrogens with two attached hydrogens (primary N) is 1. The Morgan fingerprint density at radius 1 is 1.00 bits per heavy atom. The Morgan fingerprint density at radius 3 is 2.65 bits per heavy atom. The van der Waals surface area contributed by atoms with Crippen LogP contribution in [0, 0.1) is 11.8 Å². The molecule has 4 aromatic heterocycles. The van der Waals surface area contributed by atoms with E-state index < -0.39 is 6.04 Å². The number of rotatable bonds is 4. The quantitative estimate of drug-likeness (QED) is 0.313. The van der Waals surface area contributed by atoms with E-state index in [9.17, 15) is 4.79 Å². The molecule has 0 saturated carbocycles. The summed E-state index contributed by atoms with van der Waals surface area (Å²) < 4.78 is 1.72. The number of nitrogens with one attached hydrogen (secondary N) is 1. The maximum absolute atomic E-state index is 13.5. The van der Waals surface area contributed by atoms with E-state index in [0.717, 1.165) is 44.2 Å². The fourth-order valence-corrected chi connectivity index (χ4v) is 4.74. The van der Waals surface area contributed by atoms with Crippen LogP contribution in [0.1, 0.15) is 40.1 Å². The fraction of sp³-hybridized carbons (Fsp3) is 0.0938. The Bertz CT molecular complexity index is 1950. The predicted octanol–water partition coefficient (Wildman–Crippen LogP) is 5.05. The zero-order valence-corrected chi connectivity index (χ0v) is 22.0. The van der Waals surface area contributed by atoms with Gasteiger partial charge in [-0.1, -0.05) is 48.2 Å². The SMILES string of the molecule is C[C@H](NC(=O)c1c(N)ncc2cccnc12)c1nc2cccc(C#Cc3cnn(C)c3)c2cc1-c1ccccc1. The van der Waals surface area contributed by atoms with Crippen molar-refractivity contribution < 1.29 is 4.79 Å². The van der Waals surface area contributed by atoms with Gasteiger partial charge < -0.3 is 11.1 Å². The molecule has 0 aliphatic heterocycles. The highest BCUT2D eigenvalue weighted by atomic mass is 16.1. The molecule has 0 saturated heterocycles. The average molecular weight is 524 g/mol. The van der Waals surface area contributed by atoms with Crippen LogP contribution in [0.25, 0.3) is 32.9 Å². The first-order valence-corrected chi connectivity index (χ1v) is 12.8. The van der Waals surface area contributed by atoms with Gasteiger partial charge in [0.15, 0.2) is 0 Å². The van der Waals surface area contributed by atoms with Crippen LogP contribution < -0.4 is 11.1 Å². The van der Waals surface area contributed by atoms with Crippen molar-refractivity contribution in [2.45, 2.75) is 13.0 Å². The second-order valence-corrected chi connectivity index (χ2v) is 9.47. The Balaban J connectivity index is 1.44.